The normalized spacial score (nSPS) is 12.5. The van der Waals surface area contributed by atoms with Gasteiger partial charge >= 0.3 is 0 Å². The largest absolute Gasteiger partial charge is 0.496 e. The summed E-state index contributed by atoms with van der Waals surface area (Å²) in [5.41, 5.74) is 1.61. The number of benzene rings is 1. The lowest BCUT2D eigenvalue weighted by molar-refractivity contribution is 0.214. The quantitative estimate of drug-likeness (QED) is 0.918. The number of aliphatic hydroxyl groups is 1. The van der Waals surface area contributed by atoms with Crippen LogP contribution in [0.3, 0.4) is 0 Å². The standard InChI is InChI=1S/C14H15ClO2S/c1-8-6-11(9(2)18-8)14(16)12-7-10(15)4-5-13(12)17-3/h4-7,14,16H,1-3H3. The molecule has 1 aromatic carbocycles. The Balaban J connectivity index is 2.48. The molecule has 0 aliphatic rings. The minimum atomic E-state index is -0.705. The zero-order valence-electron chi connectivity index (χ0n) is 10.5. The van der Waals surface area contributed by atoms with Crippen LogP contribution in [0, 0.1) is 13.8 Å². The van der Waals surface area contributed by atoms with Gasteiger partial charge in [-0.15, -0.1) is 11.3 Å². The summed E-state index contributed by atoms with van der Waals surface area (Å²) < 4.78 is 5.27. The van der Waals surface area contributed by atoms with Crippen molar-refractivity contribution in [1.82, 2.24) is 0 Å². The van der Waals surface area contributed by atoms with Crippen molar-refractivity contribution in [2.24, 2.45) is 0 Å². The van der Waals surface area contributed by atoms with Gasteiger partial charge in [0.15, 0.2) is 0 Å². The molecule has 2 nitrogen and oxygen atoms in total. The van der Waals surface area contributed by atoms with Gasteiger partial charge < -0.3 is 9.84 Å². The van der Waals surface area contributed by atoms with Crippen LogP contribution in [0.1, 0.15) is 27.0 Å². The first-order valence-electron chi connectivity index (χ1n) is 5.61. The number of halogens is 1. The van der Waals surface area contributed by atoms with Crippen LogP contribution in [0.5, 0.6) is 5.75 Å². The summed E-state index contributed by atoms with van der Waals surface area (Å²) in [5, 5.41) is 11.1. The monoisotopic (exact) mass is 282 g/mol. The van der Waals surface area contributed by atoms with Gasteiger partial charge in [-0.3, -0.25) is 0 Å². The number of aryl methyl sites for hydroxylation is 2. The summed E-state index contributed by atoms with van der Waals surface area (Å²) in [6.45, 7) is 4.04. The van der Waals surface area contributed by atoms with Crippen LogP contribution in [0.4, 0.5) is 0 Å². The van der Waals surface area contributed by atoms with E-state index in [2.05, 4.69) is 0 Å². The Morgan fingerprint density at radius 1 is 1.22 bits per heavy atom. The molecule has 2 aromatic rings. The summed E-state index contributed by atoms with van der Waals surface area (Å²) in [6.07, 6.45) is -0.705. The third-order valence-corrected chi connectivity index (χ3v) is 4.08. The Kier molecular flexibility index (Phi) is 3.95. The van der Waals surface area contributed by atoms with Crippen LogP contribution in [0.15, 0.2) is 24.3 Å². The molecular weight excluding hydrogens is 268 g/mol. The Bertz CT molecular complexity index is 563. The molecule has 1 atom stereocenters. The van der Waals surface area contributed by atoms with Crippen molar-refractivity contribution in [3.8, 4) is 5.75 Å². The molecule has 2 rings (SSSR count). The summed E-state index contributed by atoms with van der Waals surface area (Å²) in [4.78, 5) is 2.30. The molecule has 96 valence electrons. The van der Waals surface area contributed by atoms with Gasteiger partial charge in [-0.2, -0.15) is 0 Å². The van der Waals surface area contributed by atoms with Gasteiger partial charge in [0.2, 0.25) is 0 Å². The molecule has 0 bridgehead atoms. The van der Waals surface area contributed by atoms with Gasteiger partial charge in [0.1, 0.15) is 11.9 Å². The van der Waals surface area contributed by atoms with Gasteiger partial charge in [-0.05, 0) is 43.7 Å². The van der Waals surface area contributed by atoms with E-state index < -0.39 is 6.10 Å². The minimum Gasteiger partial charge on any atom is -0.496 e. The van der Waals surface area contributed by atoms with Gasteiger partial charge in [-0.1, -0.05) is 11.6 Å². The lowest BCUT2D eigenvalue weighted by atomic mass is 10.0. The number of aliphatic hydroxyl groups excluding tert-OH is 1. The van der Waals surface area contributed by atoms with Crippen molar-refractivity contribution in [2.45, 2.75) is 20.0 Å². The average Bonchev–Trinajstić information content (AvgIpc) is 2.67. The van der Waals surface area contributed by atoms with E-state index in [1.54, 1.807) is 36.6 Å². The highest BCUT2D eigenvalue weighted by atomic mass is 35.5. The molecule has 0 radical (unpaired) electrons. The Labute approximate surface area is 116 Å². The fourth-order valence-corrected chi connectivity index (χ4v) is 3.15. The lowest BCUT2D eigenvalue weighted by Gasteiger charge is -2.15. The minimum absolute atomic E-state index is 0.592. The maximum atomic E-state index is 10.5. The lowest BCUT2D eigenvalue weighted by Crippen LogP contribution is -2.02. The highest BCUT2D eigenvalue weighted by Gasteiger charge is 2.19. The molecule has 1 aromatic heterocycles. The molecule has 0 aliphatic carbocycles. The smallest absolute Gasteiger partial charge is 0.125 e. The molecule has 0 saturated carbocycles. The van der Waals surface area contributed by atoms with Crippen molar-refractivity contribution in [2.75, 3.05) is 7.11 Å². The summed E-state index contributed by atoms with van der Waals surface area (Å²) in [6, 6.07) is 7.28. The first kappa shape index (κ1) is 13.4. The summed E-state index contributed by atoms with van der Waals surface area (Å²) in [5.74, 6) is 0.648. The molecule has 4 heteroatoms. The molecule has 1 N–H and O–H groups in total. The van der Waals surface area contributed by atoms with Crippen LogP contribution < -0.4 is 4.74 Å². The molecule has 1 heterocycles. The second-order valence-corrected chi connectivity index (χ2v) is 6.05. The van der Waals surface area contributed by atoms with Crippen LogP contribution in [-0.4, -0.2) is 12.2 Å². The van der Waals surface area contributed by atoms with E-state index in [1.165, 1.54) is 4.88 Å². The van der Waals surface area contributed by atoms with Crippen LogP contribution >= 0.6 is 22.9 Å². The zero-order valence-corrected chi connectivity index (χ0v) is 12.1. The molecule has 1 unspecified atom stereocenters. The van der Waals surface area contributed by atoms with Crippen molar-refractivity contribution in [3.63, 3.8) is 0 Å². The Hall–Kier alpha value is -1.03. The molecule has 0 aliphatic heterocycles. The van der Waals surface area contributed by atoms with Crippen LogP contribution in [-0.2, 0) is 0 Å². The third kappa shape index (κ3) is 2.53. The summed E-state index contributed by atoms with van der Waals surface area (Å²) >= 11 is 7.66. The summed E-state index contributed by atoms with van der Waals surface area (Å²) in [7, 11) is 1.59. The third-order valence-electron chi connectivity index (χ3n) is 2.86. The number of hydrogen-bond donors (Lipinski definition) is 1. The molecule has 0 saturated heterocycles. The first-order chi connectivity index (χ1) is 8.52. The number of thiophene rings is 1. The van der Waals surface area contributed by atoms with Gasteiger partial charge in [0.05, 0.1) is 7.11 Å². The van der Waals surface area contributed by atoms with E-state index in [4.69, 9.17) is 16.3 Å². The predicted octanol–water partition coefficient (Wildman–Crippen LogP) is 4.11. The molecule has 18 heavy (non-hydrogen) atoms. The van der Waals surface area contributed by atoms with E-state index in [0.29, 0.717) is 16.3 Å². The van der Waals surface area contributed by atoms with Gasteiger partial charge in [-0.25, -0.2) is 0 Å². The van der Waals surface area contributed by atoms with E-state index in [-0.39, 0.29) is 0 Å². The fourth-order valence-electron chi connectivity index (χ4n) is 2.01. The van der Waals surface area contributed by atoms with Crippen molar-refractivity contribution >= 4 is 22.9 Å². The fraction of sp³-hybridized carbons (Fsp3) is 0.286. The van der Waals surface area contributed by atoms with Crippen LogP contribution in [0.25, 0.3) is 0 Å². The molecule has 0 fully saturated rings. The number of rotatable bonds is 3. The van der Waals surface area contributed by atoms with Crippen molar-refractivity contribution in [3.05, 3.63) is 50.2 Å². The second-order valence-electron chi connectivity index (χ2n) is 4.16. The molecular formula is C14H15ClO2S. The van der Waals surface area contributed by atoms with Gasteiger partial charge in [0.25, 0.3) is 0 Å². The van der Waals surface area contributed by atoms with Crippen molar-refractivity contribution < 1.29 is 9.84 Å². The number of hydrogen-bond acceptors (Lipinski definition) is 3. The maximum absolute atomic E-state index is 10.5. The van der Waals surface area contributed by atoms with E-state index >= 15 is 0 Å². The average molecular weight is 283 g/mol. The Morgan fingerprint density at radius 2 is 1.94 bits per heavy atom. The molecule has 0 spiro atoms. The maximum Gasteiger partial charge on any atom is 0.125 e. The highest BCUT2D eigenvalue weighted by molar-refractivity contribution is 7.12. The van der Waals surface area contributed by atoms with E-state index in [1.807, 2.05) is 19.9 Å². The number of methoxy groups -OCH3 is 1. The SMILES string of the molecule is COc1ccc(Cl)cc1C(O)c1cc(C)sc1C. The number of ether oxygens (including phenoxy) is 1. The van der Waals surface area contributed by atoms with E-state index in [0.717, 1.165) is 10.4 Å². The van der Waals surface area contributed by atoms with Gasteiger partial charge in [0, 0.05) is 20.3 Å². The highest BCUT2D eigenvalue weighted by Crippen LogP contribution is 2.36. The topological polar surface area (TPSA) is 29.5 Å². The second kappa shape index (κ2) is 5.31. The molecule has 0 amide bonds. The van der Waals surface area contributed by atoms with Crippen LogP contribution in [0.2, 0.25) is 5.02 Å². The van der Waals surface area contributed by atoms with E-state index in [9.17, 15) is 5.11 Å². The first-order valence-corrected chi connectivity index (χ1v) is 6.80. The van der Waals surface area contributed by atoms with Crippen molar-refractivity contribution in [1.29, 1.82) is 0 Å². The predicted molar refractivity (Wildman–Crippen MR) is 75.9 cm³/mol. The Morgan fingerprint density at radius 3 is 2.50 bits per heavy atom. The zero-order chi connectivity index (χ0) is 13.3.